The van der Waals surface area contributed by atoms with Gasteiger partial charge < -0.3 is 14.2 Å². The van der Waals surface area contributed by atoms with E-state index >= 15 is 0 Å². The number of thiazole rings is 1. The number of methoxy groups -OCH3 is 1. The quantitative estimate of drug-likeness (QED) is 0.372. The van der Waals surface area contributed by atoms with Crippen LogP contribution in [0, 0.1) is 0 Å². The molecule has 0 saturated heterocycles. The van der Waals surface area contributed by atoms with Crippen molar-refractivity contribution in [3.8, 4) is 16.3 Å². The van der Waals surface area contributed by atoms with E-state index in [0.717, 1.165) is 21.8 Å². The Morgan fingerprint density at radius 2 is 1.93 bits per heavy atom. The monoisotopic (exact) mass is 465 g/mol. The molecule has 30 heavy (non-hydrogen) atoms. The Hall–Kier alpha value is -2.12. The van der Waals surface area contributed by atoms with Gasteiger partial charge in [0.2, 0.25) is 0 Å². The lowest BCUT2D eigenvalue weighted by atomic mass is 10.1. The number of nitrogens with zero attached hydrogens (tertiary/aromatic N) is 1. The van der Waals surface area contributed by atoms with Crippen molar-refractivity contribution in [2.75, 3.05) is 13.7 Å². The van der Waals surface area contributed by atoms with Crippen LogP contribution in [0.2, 0.25) is 10.0 Å². The zero-order valence-electron chi connectivity index (χ0n) is 16.6. The van der Waals surface area contributed by atoms with Crippen LogP contribution in [0.3, 0.4) is 0 Å². The number of esters is 1. The minimum atomic E-state index is -0.689. The summed E-state index contributed by atoms with van der Waals surface area (Å²) < 4.78 is 16.1. The van der Waals surface area contributed by atoms with Gasteiger partial charge in [0.15, 0.2) is 6.10 Å². The van der Waals surface area contributed by atoms with E-state index in [4.69, 9.17) is 37.4 Å². The van der Waals surface area contributed by atoms with Crippen molar-refractivity contribution < 1.29 is 19.0 Å². The van der Waals surface area contributed by atoms with Gasteiger partial charge >= 0.3 is 5.97 Å². The molecule has 0 aliphatic rings. The Balaban J connectivity index is 1.62. The largest absolute Gasteiger partial charge is 0.487 e. The average molecular weight is 466 g/mol. The van der Waals surface area contributed by atoms with Gasteiger partial charge in [-0.15, -0.1) is 11.3 Å². The Kier molecular flexibility index (Phi) is 8.10. The molecule has 3 aromatic rings. The highest BCUT2D eigenvalue weighted by Crippen LogP contribution is 2.27. The number of ether oxygens (including phenoxy) is 3. The summed E-state index contributed by atoms with van der Waals surface area (Å²) in [5.41, 5.74) is 2.62. The molecule has 0 spiro atoms. The molecule has 0 saturated carbocycles. The lowest BCUT2D eigenvalue weighted by Gasteiger charge is -2.16. The predicted octanol–water partition coefficient (Wildman–Crippen LogP) is 5.82. The van der Waals surface area contributed by atoms with Crippen LogP contribution in [0.15, 0.2) is 47.8 Å². The Bertz CT molecular complexity index is 991. The maximum atomic E-state index is 11.8. The van der Waals surface area contributed by atoms with Gasteiger partial charge in [0.05, 0.1) is 12.8 Å². The highest BCUT2D eigenvalue weighted by atomic mass is 35.5. The van der Waals surface area contributed by atoms with Gasteiger partial charge in [-0.2, -0.15) is 0 Å². The first-order chi connectivity index (χ1) is 14.5. The first-order valence-corrected chi connectivity index (χ1v) is 10.9. The molecule has 0 N–H and O–H groups in total. The highest BCUT2D eigenvalue weighted by molar-refractivity contribution is 7.13. The van der Waals surface area contributed by atoms with Gasteiger partial charge in [-0.05, 0) is 36.8 Å². The van der Waals surface area contributed by atoms with Crippen molar-refractivity contribution in [2.45, 2.75) is 26.1 Å². The van der Waals surface area contributed by atoms with Crippen LogP contribution in [0.5, 0.6) is 5.75 Å². The molecular weight excluding hydrogens is 445 g/mol. The fourth-order valence-corrected chi connectivity index (χ4v) is 3.97. The van der Waals surface area contributed by atoms with Crippen LogP contribution < -0.4 is 4.74 Å². The molecule has 1 heterocycles. The number of benzene rings is 2. The fourth-order valence-electron chi connectivity index (χ4n) is 2.78. The summed E-state index contributed by atoms with van der Waals surface area (Å²) in [6.07, 6.45) is -0.360. The van der Waals surface area contributed by atoms with Gasteiger partial charge in [-0.1, -0.05) is 41.4 Å². The first kappa shape index (κ1) is 22.6. The normalized spacial score (nSPS) is 11.9. The van der Waals surface area contributed by atoms with Crippen molar-refractivity contribution in [2.24, 2.45) is 0 Å². The molecule has 2 aromatic carbocycles. The van der Waals surface area contributed by atoms with Crippen LogP contribution in [-0.4, -0.2) is 30.8 Å². The summed E-state index contributed by atoms with van der Waals surface area (Å²) >= 11 is 13.9. The second kappa shape index (κ2) is 10.8. The summed E-state index contributed by atoms with van der Waals surface area (Å²) in [4.78, 5) is 16.4. The van der Waals surface area contributed by atoms with Gasteiger partial charge in [0, 0.05) is 34.0 Å². The smallest absolute Gasteiger partial charge is 0.335 e. The van der Waals surface area contributed by atoms with Crippen LogP contribution in [-0.2, 0) is 27.3 Å². The van der Waals surface area contributed by atoms with Crippen LogP contribution >= 0.6 is 34.5 Å². The molecule has 0 unspecified atom stereocenters. The molecule has 0 radical (unpaired) electrons. The number of hydrogen-bond donors (Lipinski definition) is 0. The molecule has 1 atom stereocenters. The minimum absolute atomic E-state index is 0.323. The third kappa shape index (κ3) is 5.95. The summed E-state index contributed by atoms with van der Waals surface area (Å²) in [5.74, 6) is 0.198. The summed E-state index contributed by atoms with van der Waals surface area (Å²) in [7, 11) is 1.34. The molecule has 0 bridgehead atoms. The molecule has 8 heteroatoms. The van der Waals surface area contributed by atoms with Gasteiger partial charge in [0.1, 0.15) is 17.4 Å². The zero-order valence-corrected chi connectivity index (χ0v) is 18.9. The first-order valence-electron chi connectivity index (χ1n) is 9.31. The van der Waals surface area contributed by atoms with E-state index in [1.165, 1.54) is 7.11 Å². The van der Waals surface area contributed by atoms with Crippen molar-refractivity contribution >= 4 is 40.5 Å². The Morgan fingerprint density at radius 1 is 1.17 bits per heavy atom. The standard InChI is InChI=1S/C22H21Cl2NO4S/c1-3-28-20(22(26)27-2)10-15-6-9-18(11-19(15)24)29-12-17-13-30-21(25-17)14-4-7-16(23)8-5-14/h4-9,11,13,20H,3,10,12H2,1-2H3/t20-/m0/s1. The minimum Gasteiger partial charge on any atom is -0.487 e. The van der Waals surface area contributed by atoms with Crippen LogP contribution in [0.4, 0.5) is 0 Å². The number of carbonyl (C=O) groups is 1. The molecule has 1 aromatic heterocycles. The SMILES string of the molecule is CCO[C@@H](Cc1ccc(OCc2csc(-c3ccc(Cl)cc3)n2)cc1Cl)C(=O)OC. The molecular formula is C22H21Cl2NO4S. The van der Waals surface area contributed by atoms with Crippen molar-refractivity contribution in [1.29, 1.82) is 0 Å². The number of carbonyl (C=O) groups excluding carboxylic acids is 1. The topological polar surface area (TPSA) is 57.7 Å². The number of rotatable bonds is 9. The third-order valence-corrected chi connectivity index (χ3v) is 5.84. The van der Waals surface area contributed by atoms with Gasteiger partial charge in [-0.25, -0.2) is 9.78 Å². The zero-order chi connectivity index (χ0) is 21.5. The lowest BCUT2D eigenvalue weighted by Crippen LogP contribution is -2.28. The third-order valence-electron chi connectivity index (χ3n) is 4.29. The van der Waals surface area contributed by atoms with E-state index in [-0.39, 0.29) is 0 Å². The van der Waals surface area contributed by atoms with Crippen molar-refractivity contribution in [3.05, 3.63) is 69.1 Å². The molecule has 3 rings (SSSR count). The van der Waals surface area contributed by atoms with Gasteiger partial charge in [0.25, 0.3) is 0 Å². The van der Waals surface area contributed by atoms with E-state index in [9.17, 15) is 4.79 Å². The highest BCUT2D eigenvalue weighted by Gasteiger charge is 2.21. The predicted molar refractivity (Wildman–Crippen MR) is 119 cm³/mol. The van der Waals surface area contributed by atoms with Crippen molar-refractivity contribution in [1.82, 2.24) is 4.98 Å². The summed E-state index contributed by atoms with van der Waals surface area (Å²) in [6.45, 7) is 2.55. The molecule has 0 aliphatic heterocycles. The average Bonchev–Trinajstić information content (AvgIpc) is 3.22. The van der Waals surface area contributed by atoms with E-state index < -0.39 is 12.1 Å². The maximum Gasteiger partial charge on any atom is 0.335 e. The number of aromatic nitrogens is 1. The van der Waals surface area contributed by atoms with E-state index in [1.54, 1.807) is 17.4 Å². The molecule has 0 aliphatic carbocycles. The van der Waals surface area contributed by atoms with Crippen LogP contribution in [0.25, 0.3) is 10.6 Å². The number of hydrogen-bond acceptors (Lipinski definition) is 6. The van der Waals surface area contributed by atoms with E-state index in [0.29, 0.717) is 35.4 Å². The van der Waals surface area contributed by atoms with Crippen molar-refractivity contribution in [3.63, 3.8) is 0 Å². The molecule has 0 fully saturated rings. The Morgan fingerprint density at radius 3 is 2.60 bits per heavy atom. The lowest BCUT2D eigenvalue weighted by molar-refractivity contribution is -0.153. The second-order valence-corrected chi connectivity index (χ2v) is 8.07. The second-order valence-electron chi connectivity index (χ2n) is 6.36. The molecule has 158 valence electrons. The summed E-state index contributed by atoms with van der Waals surface area (Å²) in [6, 6.07) is 12.9. The van der Waals surface area contributed by atoms with E-state index in [2.05, 4.69) is 4.98 Å². The molecule has 0 amide bonds. The maximum absolute atomic E-state index is 11.8. The number of halogens is 2. The summed E-state index contributed by atoms with van der Waals surface area (Å²) in [5, 5.41) is 4.06. The van der Waals surface area contributed by atoms with Crippen LogP contribution in [0.1, 0.15) is 18.2 Å². The fraction of sp³-hybridized carbons (Fsp3) is 0.273. The van der Waals surface area contributed by atoms with Gasteiger partial charge in [-0.3, -0.25) is 0 Å². The Labute approximate surface area is 189 Å². The molecule has 5 nitrogen and oxygen atoms in total. The van der Waals surface area contributed by atoms with E-state index in [1.807, 2.05) is 48.7 Å².